The van der Waals surface area contributed by atoms with Crippen molar-refractivity contribution < 1.29 is 27.0 Å². The van der Waals surface area contributed by atoms with Gasteiger partial charge in [0.05, 0.1) is 14.2 Å². The quantitative estimate of drug-likeness (QED) is 0.294. The Bertz CT molecular complexity index is 1510. The molecule has 39 heavy (non-hydrogen) atoms. The van der Waals surface area contributed by atoms with Crippen LogP contribution in [0.4, 0.5) is 10.3 Å². The molecule has 2 unspecified atom stereocenters. The van der Waals surface area contributed by atoms with Crippen LogP contribution in [0.15, 0.2) is 54.9 Å². The van der Waals surface area contributed by atoms with Crippen LogP contribution in [0, 0.1) is 12.7 Å². The molecule has 0 fully saturated rings. The lowest BCUT2D eigenvalue weighted by molar-refractivity contribution is 0.0949. The van der Waals surface area contributed by atoms with Crippen LogP contribution in [0.2, 0.25) is 0 Å². The molecular formula is C26H29FN6O5S. The molecule has 0 saturated heterocycles. The van der Waals surface area contributed by atoms with E-state index in [1.54, 1.807) is 42.7 Å². The van der Waals surface area contributed by atoms with Gasteiger partial charge in [0.15, 0.2) is 5.82 Å². The van der Waals surface area contributed by atoms with Crippen molar-refractivity contribution in [3.63, 3.8) is 0 Å². The van der Waals surface area contributed by atoms with E-state index in [0.29, 0.717) is 23.0 Å². The summed E-state index contributed by atoms with van der Waals surface area (Å²) in [7, 11) is 0.235. The second kappa shape index (κ2) is 11.7. The lowest BCUT2D eigenvalue weighted by Gasteiger charge is -2.23. The molecule has 2 aromatic heterocycles. The summed E-state index contributed by atoms with van der Waals surface area (Å²) < 4.78 is 61.4. The summed E-state index contributed by atoms with van der Waals surface area (Å²) in [5.74, 6) is 0.906. The van der Waals surface area contributed by atoms with Crippen LogP contribution in [0.1, 0.15) is 35.8 Å². The number of aryl methyl sites for hydroxylation is 1. The number of nitrogens with zero attached hydrogens (tertiary/aromatic N) is 5. The Kier molecular flexibility index (Phi) is 8.41. The van der Waals surface area contributed by atoms with E-state index in [4.69, 9.17) is 14.2 Å². The highest BCUT2D eigenvalue weighted by Crippen LogP contribution is 2.36. The standard InChI is InChI=1S/C26H29FN6O5S/c1-16-14-28-25(29-15-16)24(38-5)17(2)39(34,35)32-26-31-30-22(13-18-9-11-19(27)12-10-18)33(26)23-20(36-3)7-6-8-21(23)37-4/h6-12,14-15,17,24H,13H2,1-5H3,(H,31,32). The van der Waals surface area contributed by atoms with E-state index in [1.165, 1.54) is 45.0 Å². The minimum Gasteiger partial charge on any atom is -0.494 e. The Hall–Kier alpha value is -4.10. The summed E-state index contributed by atoms with van der Waals surface area (Å²) in [6.07, 6.45) is 2.43. The third-order valence-electron chi connectivity index (χ3n) is 6.09. The van der Waals surface area contributed by atoms with E-state index in [-0.39, 0.29) is 24.0 Å². The molecule has 13 heteroatoms. The van der Waals surface area contributed by atoms with Crippen LogP contribution in [-0.4, -0.2) is 59.7 Å². The minimum atomic E-state index is -4.13. The molecule has 0 spiro atoms. The Morgan fingerprint density at radius 2 is 1.59 bits per heavy atom. The molecule has 206 valence electrons. The first-order valence-corrected chi connectivity index (χ1v) is 13.5. The number of anilines is 1. The molecular weight excluding hydrogens is 527 g/mol. The third kappa shape index (κ3) is 5.99. The minimum absolute atomic E-state index is 0.0959. The zero-order valence-electron chi connectivity index (χ0n) is 22.1. The zero-order chi connectivity index (χ0) is 28.2. The molecule has 0 radical (unpaired) electrons. The van der Waals surface area contributed by atoms with Crippen molar-refractivity contribution in [2.75, 3.05) is 26.1 Å². The van der Waals surface area contributed by atoms with Crippen molar-refractivity contribution in [1.29, 1.82) is 0 Å². The lowest BCUT2D eigenvalue weighted by Crippen LogP contribution is -2.33. The van der Waals surface area contributed by atoms with Crippen LogP contribution >= 0.6 is 0 Å². The van der Waals surface area contributed by atoms with Crippen molar-refractivity contribution in [2.24, 2.45) is 0 Å². The molecule has 2 atom stereocenters. The van der Waals surface area contributed by atoms with Crippen LogP contribution in [-0.2, 0) is 21.2 Å². The SMILES string of the molecule is COc1cccc(OC)c1-n1c(Cc2ccc(F)cc2)nnc1NS(=O)(=O)C(C)C(OC)c1ncc(C)cn1. The maximum atomic E-state index is 13.6. The predicted octanol–water partition coefficient (Wildman–Crippen LogP) is 3.63. The van der Waals surface area contributed by atoms with E-state index < -0.39 is 21.4 Å². The first kappa shape index (κ1) is 27.9. The van der Waals surface area contributed by atoms with Crippen LogP contribution in [0.5, 0.6) is 11.5 Å². The molecule has 11 nitrogen and oxygen atoms in total. The summed E-state index contributed by atoms with van der Waals surface area (Å²) in [5, 5.41) is 7.31. The third-order valence-corrected chi connectivity index (χ3v) is 7.78. The summed E-state index contributed by atoms with van der Waals surface area (Å²) >= 11 is 0. The fourth-order valence-electron chi connectivity index (χ4n) is 4.01. The number of hydrogen-bond acceptors (Lipinski definition) is 9. The van der Waals surface area contributed by atoms with Crippen molar-refractivity contribution in [3.05, 3.63) is 83.5 Å². The van der Waals surface area contributed by atoms with Gasteiger partial charge < -0.3 is 14.2 Å². The molecule has 0 amide bonds. The highest BCUT2D eigenvalue weighted by Gasteiger charge is 2.35. The molecule has 0 aliphatic carbocycles. The molecule has 0 saturated carbocycles. The van der Waals surface area contributed by atoms with Gasteiger partial charge in [0.1, 0.15) is 40.2 Å². The van der Waals surface area contributed by atoms with Gasteiger partial charge >= 0.3 is 0 Å². The summed E-state index contributed by atoms with van der Waals surface area (Å²) in [6.45, 7) is 3.32. The van der Waals surface area contributed by atoms with Crippen molar-refractivity contribution in [3.8, 4) is 17.2 Å². The number of sulfonamides is 1. The Balaban J connectivity index is 1.79. The number of hydrogen-bond donors (Lipinski definition) is 1. The molecule has 4 rings (SSSR count). The Morgan fingerprint density at radius 1 is 0.974 bits per heavy atom. The van der Waals surface area contributed by atoms with Crippen LogP contribution < -0.4 is 14.2 Å². The smallest absolute Gasteiger partial charge is 0.243 e. The number of rotatable bonds is 11. The zero-order valence-corrected chi connectivity index (χ0v) is 22.9. The van der Waals surface area contributed by atoms with Crippen molar-refractivity contribution in [1.82, 2.24) is 24.7 Å². The Labute approximate surface area is 226 Å². The second-order valence-corrected chi connectivity index (χ2v) is 10.8. The van der Waals surface area contributed by atoms with Gasteiger partial charge in [-0.3, -0.25) is 9.29 Å². The Morgan fingerprint density at radius 3 is 2.15 bits per heavy atom. The summed E-state index contributed by atoms with van der Waals surface area (Å²) in [5.41, 5.74) is 1.95. The molecule has 2 aromatic carbocycles. The summed E-state index contributed by atoms with van der Waals surface area (Å²) in [6, 6.07) is 11.1. The van der Waals surface area contributed by atoms with Gasteiger partial charge in [-0.1, -0.05) is 18.2 Å². The average molecular weight is 557 g/mol. The van der Waals surface area contributed by atoms with E-state index >= 15 is 0 Å². The van der Waals surface area contributed by atoms with Gasteiger partial charge in [0, 0.05) is 25.9 Å². The highest BCUT2D eigenvalue weighted by molar-refractivity contribution is 7.93. The van der Waals surface area contributed by atoms with Gasteiger partial charge in [0.2, 0.25) is 16.0 Å². The molecule has 0 aliphatic heterocycles. The van der Waals surface area contributed by atoms with E-state index in [0.717, 1.165) is 11.1 Å². The fraction of sp³-hybridized carbons (Fsp3) is 0.308. The molecule has 4 aromatic rings. The van der Waals surface area contributed by atoms with Crippen molar-refractivity contribution in [2.45, 2.75) is 31.6 Å². The molecule has 2 heterocycles. The lowest BCUT2D eigenvalue weighted by atomic mass is 10.1. The van der Waals surface area contributed by atoms with Crippen LogP contribution in [0.3, 0.4) is 0 Å². The first-order valence-electron chi connectivity index (χ1n) is 11.9. The fourth-order valence-corrected chi connectivity index (χ4v) is 5.14. The number of ether oxygens (including phenoxy) is 3. The molecule has 0 aliphatic rings. The predicted molar refractivity (Wildman–Crippen MR) is 142 cm³/mol. The normalized spacial score (nSPS) is 13.1. The monoisotopic (exact) mass is 556 g/mol. The maximum Gasteiger partial charge on any atom is 0.243 e. The van der Waals surface area contributed by atoms with Gasteiger partial charge in [-0.15, -0.1) is 10.2 Å². The summed E-state index contributed by atoms with van der Waals surface area (Å²) in [4.78, 5) is 8.47. The topological polar surface area (TPSA) is 130 Å². The van der Waals surface area contributed by atoms with Gasteiger partial charge in [-0.25, -0.2) is 22.8 Å². The van der Waals surface area contributed by atoms with E-state index in [9.17, 15) is 12.8 Å². The first-order chi connectivity index (χ1) is 18.7. The number of halogens is 1. The number of aromatic nitrogens is 5. The largest absolute Gasteiger partial charge is 0.494 e. The highest BCUT2D eigenvalue weighted by atomic mass is 32.2. The van der Waals surface area contributed by atoms with Crippen LogP contribution in [0.25, 0.3) is 5.69 Å². The van der Waals surface area contributed by atoms with Gasteiger partial charge in [-0.2, -0.15) is 0 Å². The van der Waals surface area contributed by atoms with Gasteiger partial charge in [0.25, 0.3) is 0 Å². The molecule has 1 N–H and O–H groups in total. The van der Waals surface area contributed by atoms with E-state index in [1.807, 2.05) is 6.92 Å². The number of para-hydroxylation sites is 1. The van der Waals surface area contributed by atoms with E-state index in [2.05, 4.69) is 24.9 Å². The molecule has 0 bridgehead atoms. The maximum absolute atomic E-state index is 13.6. The van der Waals surface area contributed by atoms with Gasteiger partial charge in [-0.05, 0) is 49.2 Å². The number of methoxy groups -OCH3 is 3. The second-order valence-electron chi connectivity index (χ2n) is 8.72. The number of nitrogens with one attached hydrogen (secondary N) is 1. The number of benzene rings is 2. The average Bonchev–Trinajstić information content (AvgIpc) is 3.31. The van der Waals surface area contributed by atoms with Crippen molar-refractivity contribution >= 4 is 16.0 Å².